The van der Waals surface area contributed by atoms with E-state index in [2.05, 4.69) is 32.4 Å². The molecule has 0 aliphatic heterocycles. The lowest BCUT2D eigenvalue weighted by molar-refractivity contribution is -0.140. The lowest BCUT2D eigenvalue weighted by Crippen LogP contribution is -2.41. The van der Waals surface area contributed by atoms with E-state index in [1.807, 2.05) is 0 Å². The molecule has 3 nitrogen and oxygen atoms in total. The summed E-state index contributed by atoms with van der Waals surface area (Å²) in [6, 6.07) is 0.183. The molecule has 0 aromatic carbocycles. The molecular formula is C12H25NO2S. The van der Waals surface area contributed by atoms with Gasteiger partial charge in [0.1, 0.15) is 0 Å². The van der Waals surface area contributed by atoms with E-state index in [0.717, 1.165) is 12.2 Å². The van der Waals surface area contributed by atoms with Crippen LogP contribution in [-0.2, 0) is 9.53 Å². The van der Waals surface area contributed by atoms with Crippen molar-refractivity contribution in [1.29, 1.82) is 0 Å². The molecular weight excluding hydrogens is 222 g/mol. The number of thioether (sulfide) groups is 1. The predicted molar refractivity (Wildman–Crippen MR) is 70.6 cm³/mol. The summed E-state index contributed by atoms with van der Waals surface area (Å²) in [6.07, 6.45) is 1.43. The van der Waals surface area contributed by atoms with Crippen LogP contribution in [0.4, 0.5) is 0 Å². The molecule has 4 heteroatoms. The Morgan fingerprint density at radius 1 is 1.44 bits per heavy atom. The summed E-state index contributed by atoms with van der Waals surface area (Å²) in [6.45, 7) is 8.68. The summed E-state index contributed by atoms with van der Waals surface area (Å²) in [5.41, 5.74) is 6.28. The molecule has 0 rings (SSSR count). The van der Waals surface area contributed by atoms with Crippen LogP contribution in [0.15, 0.2) is 0 Å². The van der Waals surface area contributed by atoms with Crippen LogP contribution in [0.5, 0.6) is 0 Å². The second-order valence-corrected chi connectivity index (χ2v) is 6.31. The fraction of sp³-hybridized carbons (Fsp3) is 0.917. The van der Waals surface area contributed by atoms with Gasteiger partial charge in [0.05, 0.1) is 13.5 Å². The molecule has 0 radical (unpaired) electrons. The van der Waals surface area contributed by atoms with Crippen molar-refractivity contribution in [2.75, 3.05) is 12.9 Å². The van der Waals surface area contributed by atoms with Gasteiger partial charge in [-0.15, -0.1) is 0 Å². The maximum atomic E-state index is 11.0. The highest BCUT2D eigenvalue weighted by Crippen LogP contribution is 2.33. The Morgan fingerprint density at radius 3 is 2.38 bits per heavy atom. The van der Waals surface area contributed by atoms with Crippen LogP contribution in [0.3, 0.4) is 0 Å². The van der Waals surface area contributed by atoms with Gasteiger partial charge in [-0.2, -0.15) is 11.8 Å². The average Bonchev–Trinajstić information content (AvgIpc) is 2.21. The van der Waals surface area contributed by atoms with E-state index >= 15 is 0 Å². The van der Waals surface area contributed by atoms with Crippen LogP contribution in [0.2, 0.25) is 0 Å². The maximum absolute atomic E-state index is 11.0. The van der Waals surface area contributed by atoms with Crippen molar-refractivity contribution in [2.24, 2.45) is 11.1 Å². The number of hydrogen-bond donors (Lipinski definition) is 1. The molecule has 0 saturated heterocycles. The molecule has 0 heterocycles. The molecule has 96 valence electrons. The van der Waals surface area contributed by atoms with Crippen molar-refractivity contribution in [3.63, 3.8) is 0 Å². The lowest BCUT2D eigenvalue weighted by atomic mass is 9.87. The molecule has 2 unspecified atom stereocenters. The molecule has 0 aromatic rings. The summed E-state index contributed by atoms with van der Waals surface area (Å²) in [4.78, 5) is 11.0. The predicted octanol–water partition coefficient (Wildman–Crippen LogP) is 2.43. The topological polar surface area (TPSA) is 52.3 Å². The molecule has 0 amide bonds. The SMILES string of the molecule is CCC(N)C(SCCC(=O)OC)C(C)(C)C. The van der Waals surface area contributed by atoms with Crippen LogP contribution >= 0.6 is 11.8 Å². The number of nitrogens with two attached hydrogens (primary N) is 1. The summed E-state index contributed by atoms with van der Waals surface area (Å²) in [5.74, 6) is 0.632. The molecule has 0 fully saturated rings. The Labute approximate surface area is 103 Å². The number of esters is 1. The minimum absolute atomic E-state index is 0.148. The first-order valence-corrected chi connectivity index (χ1v) is 6.81. The summed E-state index contributed by atoms with van der Waals surface area (Å²) in [7, 11) is 1.42. The molecule has 0 aliphatic carbocycles. The van der Waals surface area contributed by atoms with Gasteiger partial charge in [0.25, 0.3) is 0 Å². The number of carbonyl (C=O) groups is 1. The van der Waals surface area contributed by atoms with Gasteiger partial charge in [0, 0.05) is 17.0 Å². The van der Waals surface area contributed by atoms with Gasteiger partial charge < -0.3 is 10.5 Å². The highest BCUT2D eigenvalue weighted by molar-refractivity contribution is 8.00. The largest absolute Gasteiger partial charge is 0.469 e. The Hall–Kier alpha value is -0.220. The molecule has 0 aliphatic rings. The Bertz CT molecular complexity index is 214. The van der Waals surface area contributed by atoms with E-state index in [-0.39, 0.29) is 17.4 Å². The average molecular weight is 247 g/mol. The van der Waals surface area contributed by atoms with E-state index in [0.29, 0.717) is 11.7 Å². The Balaban J connectivity index is 4.19. The summed E-state index contributed by atoms with van der Waals surface area (Å²) < 4.78 is 4.62. The van der Waals surface area contributed by atoms with E-state index in [9.17, 15) is 4.79 Å². The molecule has 0 saturated carbocycles. The van der Waals surface area contributed by atoms with Crippen molar-refractivity contribution < 1.29 is 9.53 Å². The molecule has 16 heavy (non-hydrogen) atoms. The number of hydrogen-bond acceptors (Lipinski definition) is 4. The fourth-order valence-electron chi connectivity index (χ4n) is 1.60. The zero-order valence-electron chi connectivity index (χ0n) is 11.1. The first kappa shape index (κ1) is 15.8. The lowest BCUT2D eigenvalue weighted by Gasteiger charge is -2.34. The third-order valence-electron chi connectivity index (χ3n) is 2.55. The summed E-state index contributed by atoms with van der Waals surface area (Å²) >= 11 is 1.78. The Morgan fingerprint density at radius 2 is 2.00 bits per heavy atom. The van der Waals surface area contributed by atoms with Crippen LogP contribution in [-0.4, -0.2) is 30.1 Å². The third kappa shape index (κ3) is 5.75. The first-order valence-electron chi connectivity index (χ1n) is 5.77. The van der Waals surface area contributed by atoms with Crippen molar-refractivity contribution in [2.45, 2.75) is 51.8 Å². The highest BCUT2D eigenvalue weighted by atomic mass is 32.2. The highest BCUT2D eigenvalue weighted by Gasteiger charge is 2.29. The molecule has 0 aromatic heterocycles. The quantitative estimate of drug-likeness (QED) is 0.732. The van der Waals surface area contributed by atoms with E-state index < -0.39 is 0 Å². The standard InChI is InChI=1S/C12H25NO2S/c1-6-9(13)11(12(2,3)4)16-8-7-10(14)15-5/h9,11H,6-8,13H2,1-5H3. The number of carbonyl (C=O) groups excluding carboxylic acids is 1. The second kappa shape index (κ2) is 7.17. The van der Waals surface area contributed by atoms with Crippen LogP contribution in [0.25, 0.3) is 0 Å². The second-order valence-electron chi connectivity index (χ2n) is 5.06. The minimum atomic E-state index is -0.148. The van der Waals surface area contributed by atoms with Gasteiger partial charge in [-0.1, -0.05) is 27.7 Å². The zero-order chi connectivity index (χ0) is 12.8. The smallest absolute Gasteiger partial charge is 0.306 e. The normalized spacial score (nSPS) is 15.6. The van der Waals surface area contributed by atoms with Crippen LogP contribution in [0, 0.1) is 5.41 Å². The number of methoxy groups -OCH3 is 1. The van der Waals surface area contributed by atoms with Gasteiger partial charge >= 0.3 is 5.97 Å². The molecule has 2 atom stereocenters. The van der Waals surface area contributed by atoms with Gasteiger partial charge in [-0.25, -0.2) is 0 Å². The maximum Gasteiger partial charge on any atom is 0.306 e. The van der Waals surface area contributed by atoms with Crippen molar-refractivity contribution >= 4 is 17.7 Å². The van der Waals surface area contributed by atoms with Crippen LogP contribution in [0.1, 0.15) is 40.5 Å². The van der Waals surface area contributed by atoms with E-state index in [1.54, 1.807) is 11.8 Å². The van der Waals surface area contributed by atoms with Crippen LogP contribution < -0.4 is 5.73 Å². The molecule has 0 spiro atoms. The van der Waals surface area contributed by atoms with Gasteiger partial charge in [0.15, 0.2) is 0 Å². The van der Waals surface area contributed by atoms with Crippen molar-refractivity contribution in [1.82, 2.24) is 0 Å². The monoisotopic (exact) mass is 247 g/mol. The number of rotatable bonds is 6. The van der Waals surface area contributed by atoms with Gasteiger partial charge in [-0.05, 0) is 11.8 Å². The van der Waals surface area contributed by atoms with Crippen molar-refractivity contribution in [3.8, 4) is 0 Å². The third-order valence-corrected chi connectivity index (χ3v) is 4.40. The number of ether oxygens (including phenoxy) is 1. The van der Waals surface area contributed by atoms with E-state index in [1.165, 1.54) is 7.11 Å². The van der Waals surface area contributed by atoms with Gasteiger partial charge in [-0.3, -0.25) is 4.79 Å². The molecule has 2 N–H and O–H groups in total. The molecule has 0 bridgehead atoms. The van der Waals surface area contributed by atoms with E-state index in [4.69, 9.17) is 5.73 Å². The first-order chi connectivity index (χ1) is 7.32. The fourth-order valence-corrected chi connectivity index (χ4v) is 3.08. The summed E-state index contributed by atoms with van der Waals surface area (Å²) in [5, 5.41) is 0.377. The zero-order valence-corrected chi connectivity index (χ0v) is 11.9. The minimum Gasteiger partial charge on any atom is -0.469 e. The Kier molecular flexibility index (Phi) is 7.07. The van der Waals surface area contributed by atoms with Crippen molar-refractivity contribution in [3.05, 3.63) is 0 Å². The van der Waals surface area contributed by atoms with Gasteiger partial charge in [0.2, 0.25) is 0 Å².